The zero-order valence-electron chi connectivity index (χ0n) is 17.8. The lowest BCUT2D eigenvalue weighted by Gasteiger charge is -2.29. The number of phenolic OH excluding ortho intramolecular Hbond substituents is 1. The van der Waals surface area contributed by atoms with Crippen molar-refractivity contribution in [2.45, 2.75) is 12.5 Å². The van der Waals surface area contributed by atoms with Crippen LogP contribution in [0.3, 0.4) is 0 Å². The first-order valence-corrected chi connectivity index (χ1v) is 11.5. The molecule has 2 aliphatic rings. The first kappa shape index (κ1) is 23.4. The lowest BCUT2D eigenvalue weighted by Crippen LogP contribution is -2.39. The van der Waals surface area contributed by atoms with Crippen molar-refractivity contribution in [2.24, 2.45) is 0 Å². The SMILES string of the molecule is O=C1C(=O)N(CCCN2CCOCC2)[C@@H](c2ccccc2F)C1=C(O)c1cc(Br)ccc1O. The molecule has 4 rings (SSSR count). The smallest absolute Gasteiger partial charge is 0.295 e. The van der Waals surface area contributed by atoms with E-state index in [0.717, 1.165) is 13.1 Å². The number of rotatable bonds is 6. The number of benzene rings is 2. The maximum Gasteiger partial charge on any atom is 0.295 e. The molecule has 0 unspecified atom stereocenters. The van der Waals surface area contributed by atoms with Gasteiger partial charge in [-0.1, -0.05) is 34.1 Å². The summed E-state index contributed by atoms with van der Waals surface area (Å²) in [5.41, 5.74) is -0.152. The van der Waals surface area contributed by atoms with Crippen LogP contribution >= 0.6 is 15.9 Å². The highest BCUT2D eigenvalue weighted by atomic mass is 79.9. The van der Waals surface area contributed by atoms with E-state index in [-0.39, 0.29) is 29.0 Å². The number of nitrogens with zero attached hydrogens (tertiary/aromatic N) is 2. The van der Waals surface area contributed by atoms with Crippen molar-refractivity contribution >= 4 is 33.4 Å². The molecule has 2 aromatic rings. The molecule has 0 bridgehead atoms. The molecule has 174 valence electrons. The molecule has 9 heteroatoms. The Morgan fingerprint density at radius 1 is 1.12 bits per heavy atom. The van der Waals surface area contributed by atoms with Crippen molar-refractivity contribution < 1.29 is 28.9 Å². The Morgan fingerprint density at radius 2 is 1.85 bits per heavy atom. The molecule has 0 radical (unpaired) electrons. The maximum atomic E-state index is 14.8. The lowest BCUT2D eigenvalue weighted by molar-refractivity contribution is -0.140. The average molecular weight is 519 g/mol. The van der Waals surface area contributed by atoms with Gasteiger partial charge < -0.3 is 19.8 Å². The Balaban J connectivity index is 1.72. The highest BCUT2D eigenvalue weighted by Gasteiger charge is 2.47. The van der Waals surface area contributed by atoms with Gasteiger partial charge in [-0.15, -0.1) is 0 Å². The molecule has 0 saturated carbocycles. The lowest BCUT2D eigenvalue weighted by atomic mass is 9.94. The third-order valence-electron chi connectivity index (χ3n) is 5.93. The fraction of sp³-hybridized carbons (Fsp3) is 0.333. The predicted molar refractivity (Wildman–Crippen MR) is 123 cm³/mol. The number of hydrogen-bond donors (Lipinski definition) is 2. The maximum absolute atomic E-state index is 14.8. The quantitative estimate of drug-likeness (QED) is 0.346. The Hall–Kier alpha value is -2.75. The molecule has 33 heavy (non-hydrogen) atoms. The minimum atomic E-state index is -1.10. The Bertz CT molecular complexity index is 1100. The average Bonchev–Trinajstić information content (AvgIpc) is 3.06. The van der Waals surface area contributed by atoms with Gasteiger partial charge in [-0.25, -0.2) is 4.39 Å². The number of phenols is 1. The minimum Gasteiger partial charge on any atom is -0.507 e. The number of carbonyl (C=O) groups is 2. The molecule has 7 nitrogen and oxygen atoms in total. The summed E-state index contributed by atoms with van der Waals surface area (Å²) in [6, 6.07) is 9.14. The molecule has 0 spiro atoms. The van der Waals surface area contributed by atoms with Crippen LogP contribution in [0.1, 0.15) is 23.6 Å². The van der Waals surface area contributed by atoms with Gasteiger partial charge in [0.1, 0.15) is 17.3 Å². The summed E-state index contributed by atoms with van der Waals surface area (Å²) in [5.74, 6) is -3.11. The molecule has 1 atom stereocenters. The van der Waals surface area contributed by atoms with E-state index in [9.17, 15) is 24.2 Å². The molecular formula is C24H24BrFN2O5. The van der Waals surface area contributed by atoms with Crippen LogP contribution < -0.4 is 0 Å². The van der Waals surface area contributed by atoms with E-state index in [4.69, 9.17) is 4.74 Å². The van der Waals surface area contributed by atoms with Crippen LogP contribution in [0.4, 0.5) is 4.39 Å². The number of aliphatic hydroxyl groups is 1. The molecule has 2 aromatic carbocycles. The number of hydrogen-bond acceptors (Lipinski definition) is 6. The van der Waals surface area contributed by atoms with Crippen LogP contribution in [-0.2, 0) is 14.3 Å². The fourth-order valence-corrected chi connectivity index (χ4v) is 4.62. The fourth-order valence-electron chi connectivity index (χ4n) is 4.26. The summed E-state index contributed by atoms with van der Waals surface area (Å²) >= 11 is 3.28. The van der Waals surface area contributed by atoms with Crippen molar-refractivity contribution in [3.05, 3.63) is 69.5 Å². The molecule has 2 aliphatic heterocycles. The summed E-state index contributed by atoms with van der Waals surface area (Å²) < 4.78 is 20.7. The molecule has 2 saturated heterocycles. The van der Waals surface area contributed by atoms with Crippen molar-refractivity contribution in [3.63, 3.8) is 0 Å². The van der Waals surface area contributed by atoms with Crippen LogP contribution in [0.25, 0.3) is 5.76 Å². The molecule has 0 aromatic heterocycles. The van der Waals surface area contributed by atoms with Crippen LogP contribution in [0.5, 0.6) is 5.75 Å². The Kier molecular flexibility index (Phi) is 7.11. The number of carbonyl (C=O) groups excluding carboxylic acids is 2. The van der Waals surface area contributed by atoms with Gasteiger partial charge in [-0.3, -0.25) is 14.5 Å². The summed E-state index contributed by atoms with van der Waals surface area (Å²) in [6.45, 7) is 3.78. The van der Waals surface area contributed by atoms with E-state index in [1.54, 1.807) is 12.1 Å². The van der Waals surface area contributed by atoms with Crippen LogP contribution in [0.15, 0.2) is 52.5 Å². The number of aromatic hydroxyl groups is 1. The third-order valence-corrected chi connectivity index (χ3v) is 6.42. The second-order valence-corrected chi connectivity index (χ2v) is 8.90. The summed E-state index contributed by atoms with van der Waals surface area (Å²) in [6.07, 6.45) is 0.570. The number of amides is 1. The van der Waals surface area contributed by atoms with E-state index in [1.165, 1.54) is 35.2 Å². The van der Waals surface area contributed by atoms with E-state index in [2.05, 4.69) is 20.8 Å². The van der Waals surface area contributed by atoms with Crippen LogP contribution in [0.2, 0.25) is 0 Å². The van der Waals surface area contributed by atoms with Crippen molar-refractivity contribution in [2.75, 3.05) is 39.4 Å². The number of Topliss-reactive ketones (excluding diaryl/α,β-unsaturated/α-hetero) is 1. The van der Waals surface area contributed by atoms with Crippen molar-refractivity contribution in [3.8, 4) is 5.75 Å². The summed E-state index contributed by atoms with van der Waals surface area (Å²) in [4.78, 5) is 29.5. The van der Waals surface area contributed by atoms with E-state index >= 15 is 0 Å². The number of morpholine rings is 1. The van der Waals surface area contributed by atoms with Crippen LogP contribution in [0, 0.1) is 5.82 Å². The molecule has 2 heterocycles. The minimum absolute atomic E-state index is 0.0166. The van der Waals surface area contributed by atoms with Gasteiger partial charge in [0.2, 0.25) is 0 Å². The molecule has 2 fully saturated rings. The highest BCUT2D eigenvalue weighted by molar-refractivity contribution is 9.10. The molecule has 0 aliphatic carbocycles. The van der Waals surface area contributed by atoms with Crippen molar-refractivity contribution in [1.82, 2.24) is 9.80 Å². The summed E-state index contributed by atoms with van der Waals surface area (Å²) in [5, 5.41) is 21.3. The Morgan fingerprint density at radius 3 is 2.58 bits per heavy atom. The van der Waals surface area contributed by atoms with Gasteiger partial charge in [0.25, 0.3) is 11.7 Å². The first-order valence-electron chi connectivity index (χ1n) is 10.7. The van der Waals surface area contributed by atoms with Gasteiger partial charge in [-0.2, -0.15) is 0 Å². The molecular weight excluding hydrogens is 495 g/mol. The normalized spacial score (nSPS) is 21.0. The number of aliphatic hydroxyl groups excluding tert-OH is 1. The number of likely N-dealkylation sites (tertiary alicyclic amines) is 1. The molecule has 2 N–H and O–H groups in total. The number of ether oxygens (including phenoxy) is 1. The standard InChI is InChI=1S/C24H24BrFN2O5/c25-15-6-7-19(29)17(14-15)22(30)20-21(16-4-1-2-5-18(16)26)28(24(32)23(20)31)9-3-8-27-10-12-33-13-11-27/h1-2,4-7,14,21,29-30H,3,8-13H2/t21-/m0/s1. The third kappa shape index (κ3) is 4.80. The van der Waals surface area contributed by atoms with E-state index in [0.29, 0.717) is 30.7 Å². The zero-order chi connectivity index (χ0) is 23.5. The van der Waals surface area contributed by atoms with Gasteiger partial charge in [0.05, 0.1) is 30.4 Å². The number of ketones is 1. The zero-order valence-corrected chi connectivity index (χ0v) is 19.4. The topological polar surface area (TPSA) is 90.3 Å². The molecule has 1 amide bonds. The monoisotopic (exact) mass is 518 g/mol. The summed E-state index contributed by atoms with van der Waals surface area (Å²) in [7, 11) is 0. The second-order valence-electron chi connectivity index (χ2n) is 7.98. The van der Waals surface area contributed by atoms with Gasteiger partial charge in [0.15, 0.2) is 0 Å². The van der Waals surface area contributed by atoms with Gasteiger partial charge >= 0.3 is 0 Å². The highest BCUT2D eigenvalue weighted by Crippen LogP contribution is 2.42. The number of halogens is 2. The van der Waals surface area contributed by atoms with Gasteiger partial charge in [0, 0.05) is 36.2 Å². The van der Waals surface area contributed by atoms with E-state index in [1.807, 2.05) is 0 Å². The van der Waals surface area contributed by atoms with E-state index < -0.39 is 29.3 Å². The van der Waals surface area contributed by atoms with Crippen LogP contribution in [-0.4, -0.2) is 71.1 Å². The second kappa shape index (κ2) is 10.0. The Labute approximate surface area is 199 Å². The largest absolute Gasteiger partial charge is 0.507 e. The predicted octanol–water partition coefficient (Wildman–Crippen LogP) is 3.44. The first-order chi connectivity index (χ1) is 15.9. The van der Waals surface area contributed by atoms with Gasteiger partial charge in [-0.05, 0) is 30.7 Å². The van der Waals surface area contributed by atoms with Crippen molar-refractivity contribution in [1.29, 1.82) is 0 Å².